The van der Waals surface area contributed by atoms with Crippen molar-refractivity contribution in [2.24, 2.45) is 0 Å². The number of hydrogen-bond acceptors (Lipinski definition) is 6. The van der Waals surface area contributed by atoms with E-state index < -0.39 is 16.1 Å². The van der Waals surface area contributed by atoms with Gasteiger partial charge in [-0.1, -0.05) is 0 Å². The van der Waals surface area contributed by atoms with Crippen molar-refractivity contribution in [3.63, 3.8) is 0 Å². The maximum atomic E-state index is 12.8. The van der Waals surface area contributed by atoms with Gasteiger partial charge in [-0.2, -0.15) is 4.31 Å². The van der Waals surface area contributed by atoms with Gasteiger partial charge < -0.3 is 14.1 Å². The van der Waals surface area contributed by atoms with Crippen LogP contribution in [0.1, 0.15) is 12.8 Å². The molecule has 3 rings (SSSR count). The Morgan fingerprint density at radius 2 is 2.00 bits per heavy atom. The summed E-state index contributed by atoms with van der Waals surface area (Å²) in [5.74, 6) is 0.489. The van der Waals surface area contributed by atoms with Gasteiger partial charge in [0.1, 0.15) is 5.52 Å². The number of hydrogen-bond donors (Lipinski definition) is 0. The maximum Gasteiger partial charge on any atom is 0.409 e. The fourth-order valence-electron chi connectivity index (χ4n) is 2.66. The minimum atomic E-state index is -3.63. The Labute approximate surface area is 140 Å². The molecular weight excluding hydrogens is 334 g/mol. The predicted molar refractivity (Wildman–Crippen MR) is 86.1 cm³/mol. The lowest BCUT2D eigenvalue weighted by Gasteiger charge is -2.33. The molecule has 0 N–H and O–H groups in total. The van der Waals surface area contributed by atoms with E-state index in [1.165, 1.54) is 21.3 Å². The Kier molecular flexibility index (Phi) is 4.46. The lowest BCUT2D eigenvalue weighted by atomic mass is 10.3. The van der Waals surface area contributed by atoms with Crippen molar-refractivity contribution < 1.29 is 22.4 Å². The number of amides is 1. The second kappa shape index (κ2) is 6.40. The summed E-state index contributed by atoms with van der Waals surface area (Å²) in [6.07, 6.45) is -0.408. The van der Waals surface area contributed by atoms with Crippen LogP contribution >= 0.6 is 0 Å². The Hall–Kier alpha value is -2.13. The summed E-state index contributed by atoms with van der Waals surface area (Å²) in [7, 11) is -3.63. The molecule has 2 heterocycles. The second-order valence-electron chi connectivity index (χ2n) is 5.45. The number of aryl methyl sites for hydroxylation is 1. The van der Waals surface area contributed by atoms with E-state index in [0.717, 1.165) is 0 Å². The largest absolute Gasteiger partial charge is 0.450 e. The molecule has 1 aliphatic heterocycles. The van der Waals surface area contributed by atoms with E-state index in [4.69, 9.17) is 9.15 Å². The van der Waals surface area contributed by atoms with Gasteiger partial charge >= 0.3 is 6.09 Å². The molecular formula is C15H19N3O5S. The number of ether oxygens (including phenoxy) is 1. The van der Waals surface area contributed by atoms with Crippen molar-refractivity contribution in [3.8, 4) is 0 Å². The molecule has 130 valence electrons. The normalized spacial score (nSPS) is 16.5. The fraction of sp³-hybridized carbons (Fsp3) is 0.467. The highest BCUT2D eigenvalue weighted by Crippen LogP contribution is 2.23. The van der Waals surface area contributed by atoms with E-state index in [9.17, 15) is 13.2 Å². The Bertz CT molecular complexity index is 853. The van der Waals surface area contributed by atoms with E-state index in [0.29, 0.717) is 36.7 Å². The highest BCUT2D eigenvalue weighted by Gasteiger charge is 2.30. The van der Waals surface area contributed by atoms with Gasteiger partial charge in [-0.3, -0.25) is 0 Å². The van der Waals surface area contributed by atoms with Crippen molar-refractivity contribution in [2.75, 3.05) is 32.8 Å². The van der Waals surface area contributed by atoms with Crippen LogP contribution in [-0.4, -0.2) is 61.5 Å². The predicted octanol–water partition coefficient (Wildman–Crippen LogP) is 1.60. The molecule has 0 saturated carbocycles. The number of carbonyl (C=O) groups is 1. The molecule has 0 radical (unpaired) electrons. The molecule has 1 saturated heterocycles. The number of piperazine rings is 1. The van der Waals surface area contributed by atoms with Gasteiger partial charge in [0, 0.05) is 33.1 Å². The Morgan fingerprint density at radius 3 is 2.67 bits per heavy atom. The summed E-state index contributed by atoms with van der Waals surface area (Å²) >= 11 is 0. The van der Waals surface area contributed by atoms with Crippen molar-refractivity contribution in [1.29, 1.82) is 0 Å². The minimum Gasteiger partial charge on any atom is -0.450 e. The molecule has 9 heteroatoms. The first-order chi connectivity index (χ1) is 11.4. The third kappa shape index (κ3) is 3.09. The van der Waals surface area contributed by atoms with Crippen LogP contribution in [0, 0.1) is 6.92 Å². The maximum absolute atomic E-state index is 12.8. The zero-order valence-electron chi connectivity index (χ0n) is 13.6. The lowest BCUT2D eigenvalue weighted by Crippen LogP contribution is -2.50. The van der Waals surface area contributed by atoms with Gasteiger partial charge in [0.05, 0.1) is 11.5 Å². The van der Waals surface area contributed by atoms with Crippen LogP contribution in [0.2, 0.25) is 0 Å². The molecule has 1 amide bonds. The molecule has 8 nitrogen and oxygen atoms in total. The van der Waals surface area contributed by atoms with Crippen molar-refractivity contribution >= 4 is 27.2 Å². The fourth-order valence-corrected chi connectivity index (χ4v) is 4.10. The van der Waals surface area contributed by atoms with Crippen LogP contribution in [0.4, 0.5) is 4.79 Å². The topological polar surface area (TPSA) is 93.0 Å². The highest BCUT2D eigenvalue weighted by atomic mass is 32.2. The van der Waals surface area contributed by atoms with E-state index in [-0.39, 0.29) is 18.0 Å². The molecule has 1 aromatic carbocycles. The molecule has 1 aliphatic rings. The average molecular weight is 353 g/mol. The molecule has 1 fully saturated rings. The number of nitrogens with zero attached hydrogens (tertiary/aromatic N) is 3. The van der Waals surface area contributed by atoms with E-state index >= 15 is 0 Å². The first-order valence-electron chi connectivity index (χ1n) is 7.71. The summed E-state index contributed by atoms with van der Waals surface area (Å²) in [5, 5.41) is 0. The van der Waals surface area contributed by atoms with E-state index in [1.54, 1.807) is 19.9 Å². The first-order valence-corrected chi connectivity index (χ1v) is 9.15. The summed E-state index contributed by atoms with van der Waals surface area (Å²) in [6, 6.07) is 4.63. The molecule has 2 aromatic rings. The minimum absolute atomic E-state index is 0.174. The lowest BCUT2D eigenvalue weighted by molar-refractivity contribution is 0.0934. The van der Waals surface area contributed by atoms with Crippen LogP contribution < -0.4 is 0 Å². The van der Waals surface area contributed by atoms with Crippen LogP contribution in [0.5, 0.6) is 0 Å². The Balaban J connectivity index is 1.77. The smallest absolute Gasteiger partial charge is 0.409 e. The number of fused-ring (bicyclic) bond motifs is 1. The van der Waals surface area contributed by atoms with Crippen molar-refractivity contribution in [1.82, 2.24) is 14.2 Å². The summed E-state index contributed by atoms with van der Waals surface area (Å²) in [6.45, 7) is 4.83. The molecule has 0 aliphatic carbocycles. The van der Waals surface area contributed by atoms with E-state index in [1.807, 2.05) is 0 Å². The number of carbonyl (C=O) groups excluding carboxylic acids is 1. The standard InChI is InChI=1S/C15H19N3O5S/c1-3-22-15(19)17-6-8-18(9-7-17)24(20,21)12-4-5-14-13(10-12)16-11(2)23-14/h4-5,10H,3,6-9H2,1-2H3. The van der Waals surface area contributed by atoms with Gasteiger partial charge in [0.15, 0.2) is 11.5 Å². The first kappa shape index (κ1) is 16.7. The number of benzene rings is 1. The zero-order valence-corrected chi connectivity index (χ0v) is 14.4. The van der Waals surface area contributed by atoms with Crippen LogP contribution in [0.15, 0.2) is 27.5 Å². The Morgan fingerprint density at radius 1 is 1.29 bits per heavy atom. The number of aromatic nitrogens is 1. The number of rotatable bonds is 3. The van der Waals surface area contributed by atoms with Crippen LogP contribution in [0.25, 0.3) is 11.1 Å². The van der Waals surface area contributed by atoms with E-state index in [2.05, 4.69) is 4.98 Å². The zero-order chi connectivity index (χ0) is 17.3. The van der Waals surface area contributed by atoms with Crippen molar-refractivity contribution in [2.45, 2.75) is 18.7 Å². The third-order valence-electron chi connectivity index (χ3n) is 3.87. The van der Waals surface area contributed by atoms with Gasteiger partial charge in [0.2, 0.25) is 10.0 Å². The molecule has 1 aromatic heterocycles. The average Bonchev–Trinajstić information content (AvgIpc) is 2.94. The SMILES string of the molecule is CCOC(=O)N1CCN(S(=O)(=O)c2ccc3oc(C)nc3c2)CC1. The number of oxazole rings is 1. The van der Waals surface area contributed by atoms with Gasteiger partial charge in [-0.15, -0.1) is 0 Å². The monoisotopic (exact) mass is 353 g/mol. The highest BCUT2D eigenvalue weighted by molar-refractivity contribution is 7.89. The molecule has 0 spiro atoms. The van der Waals surface area contributed by atoms with Crippen LogP contribution in [0.3, 0.4) is 0 Å². The van der Waals surface area contributed by atoms with Gasteiger partial charge in [0.25, 0.3) is 0 Å². The quantitative estimate of drug-likeness (QED) is 0.832. The second-order valence-corrected chi connectivity index (χ2v) is 7.39. The molecule has 0 unspecified atom stereocenters. The molecule has 0 atom stereocenters. The molecule has 24 heavy (non-hydrogen) atoms. The van der Waals surface area contributed by atoms with Crippen LogP contribution in [-0.2, 0) is 14.8 Å². The summed E-state index contributed by atoms with van der Waals surface area (Å²) in [4.78, 5) is 17.5. The van der Waals surface area contributed by atoms with Crippen molar-refractivity contribution in [3.05, 3.63) is 24.1 Å². The summed E-state index contributed by atoms with van der Waals surface area (Å²) in [5.41, 5.74) is 1.07. The summed E-state index contributed by atoms with van der Waals surface area (Å²) < 4.78 is 37.2. The number of sulfonamides is 1. The third-order valence-corrected chi connectivity index (χ3v) is 5.76. The van der Waals surface area contributed by atoms with Gasteiger partial charge in [-0.05, 0) is 25.1 Å². The molecule has 0 bridgehead atoms. The van der Waals surface area contributed by atoms with Gasteiger partial charge in [-0.25, -0.2) is 18.2 Å².